The van der Waals surface area contributed by atoms with E-state index in [1.807, 2.05) is 39.8 Å². The lowest BCUT2D eigenvalue weighted by Gasteiger charge is -2.48. The van der Waals surface area contributed by atoms with E-state index >= 15 is 0 Å². The molecule has 33 heavy (non-hydrogen) atoms. The van der Waals surface area contributed by atoms with Crippen LogP contribution in [0.1, 0.15) is 69.3 Å². The first-order chi connectivity index (χ1) is 15.7. The number of aliphatic imine (C=N–C) groups is 1. The number of hydrogen-bond acceptors (Lipinski definition) is 6. The number of hydrogen-bond donors (Lipinski definition) is 4. The highest BCUT2D eigenvalue weighted by atomic mass is 16.5. The van der Waals surface area contributed by atoms with Gasteiger partial charge in [-0.05, 0) is 50.3 Å². The fraction of sp³-hybridized carbons (Fsp3) is 0.600. The van der Waals surface area contributed by atoms with Gasteiger partial charge in [0.05, 0.1) is 35.6 Å². The van der Waals surface area contributed by atoms with Crippen LogP contribution in [0.15, 0.2) is 34.6 Å². The summed E-state index contributed by atoms with van der Waals surface area (Å²) >= 11 is 0. The molecule has 4 rings (SSSR count). The van der Waals surface area contributed by atoms with E-state index < -0.39 is 17.7 Å². The minimum absolute atomic E-state index is 0.228. The van der Waals surface area contributed by atoms with Crippen molar-refractivity contribution in [3.05, 3.63) is 40.7 Å². The van der Waals surface area contributed by atoms with Crippen molar-refractivity contribution >= 4 is 11.7 Å². The molecule has 3 heterocycles. The van der Waals surface area contributed by atoms with Gasteiger partial charge in [-0.3, -0.25) is 9.79 Å². The predicted octanol–water partition coefficient (Wildman–Crippen LogP) is 2.10. The van der Waals surface area contributed by atoms with Crippen molar-refractivity contribution in [3.8, 4) is 5.75 Å². The molecular weight excluding hydrogens is 418 g/mol. The minimum atomic E-state index is -0.823. The summed E-state index contributed by atoms with van der Waals surface area (Å²) in [7, 11) is 0. The Morgan fingerprint density at radius 2 is 2.18 bits per heavy atom. The summed E-state index contributed by atoms with van der Waals surface area (Å²) in [6, 6.07) is 5.01. The predicted molar refractivity (Wildman–Crippen MR) is 129 cm³/mol. The molecule has 3 aliphatic heterocycles. The van der Waals surface area contributed by atoms with E-state index in [1.54, 1.807) is 6.07 Å². The normalized spacial score (nSPS) is 31.3. The van der Waals surface area contributed by atoms with Gasteiger partial charge < -0.3 is 31.1 Å². The third-order valence-electron chi connectivity index (χ3n) is 7.44. The molecule has 8 nitrogen and oxygen atoms in total. The zero-order chi connectivity index (χ0) is 23.9. The molecule has 3 aliphatic rings. The fourth-order valence-corrected chi connectivity index (χ4v) is 5.33. The van der Waals surface area contributed by atoms with Gasteiger partial charge in [0.2, 0.25) is 0 Å². The first kappa shape index (κ1) is 23.4. The van der Waals surface area contributed by atoms with Gasteiger partial charge in [-0.2, -0.15) is 0 Å². The van der Waals surface area contributed by atoms with Crippen LogP contribution in [-0.4, -0.2) is 65.2 Å². The zero-order valence-electron chi connectivity index (χ0n) is 20.3. The summed E-state index contributed by atoms with van der Waals surface area (Å²) in [4.78, 5) is 20.2. The van der Waals surface area contributed by atoms with E-state index in [4.69, 9.17) is 15.5 Å². The first-order valence-corrected chi connectivity index (χ1v) is 11.9. The third kappa shape index (κ3) is 3.94. The van der Waals surface area contributed by atoms with Gasteiger partial charge in [0.15, 0.2) is 0 Å². The molecule has 5 atom stereocenters. The largest absolute Gasteiger partial charge is 0.492 e. The van der Waals surface area contributed by atoms with Crippen LogP contribution in [0.2, 0.25) is 0 Å². The molecule has 2 fully saturated rings. The molecule has 1 aromatic rings. The molecule has 0 bridgehead atoms. The van der Waals surface area contributed by atoms with Crippen LogP contribution >= 0.6 is 0 Å². The third-order valence-corrected chi connectivity index (χ3v) is 7.44. The first-order valence-electron chi connectivity index (χ1n) is 11.9. The molecule has 1 amide bonds. The maximum atomic E-state index is 13.4. The second-order valence-corrected chi connectivity index (χ2v) is 9.84. The van der Waals surface area contributed by atoms with E-state index in [0.717, 1.165) is 23.4 Å². The summed E-state index contributed by atoms with van der Waals surface area (Å²) in [6.45, 7) is 11.9. The molecule has 0 radical (unpaired) electrons. The molecule has 5 N–H and O–H groups in total. The topological polar surface area (TPSA) is 112 Å². The van der Waals surface area contributed by atoms with Gasteiger partial charge in [-0.1, -0.05) is 26.0 Å². The van der Waals surface area contributed by atoms with Crippen molar-refractivity contribution in [1.29, 1.82) is 0 Å². The second-order valence-electron chi connectivity index (χ2n) is 9.84. The van der Waals surface area contributed by atoms with Gasteiger partial charge in [0.25, 0.3) is 5.91 Å². The van der Waals surface area contributed by atoms with Crippen LogP contribution < -0.4 is 21.1 Å². The SMILES string of the molecule is CCC(N)=NC1CNC(=C(C)C)N2C[C@@H](NC(=O)c3cccc4c3OCCC4C)[C@@H](O)[C@]12C. The van der Waals surface area contributed by atoms with E-state index in [1.165, 1.54) is 0 Å². The molecule has 1 aromatic carbocycles. The number of aliphatic hydroxyl groups is 1. The number of rotatable bonds is 4. The fourth-order valence-electron chi connectivity index (χ4n) is 5.33. The van der Waals surface area contributed by atoms with E-state index in [2.05, 4.69) is 22.5 Å². The van der Waals surface area contributed by atoms with Crippen LogP contribution in [0.4, 0.5) is 0 Å². The average molecular weight is 456 g/mol. The molecule has 2 unspecified atom stereocenters. The zero-order valence-corrected chi connectivity index (χ0v) is 20.3. The van der Waals surface area contributed by atoms with Crippen molar-refractivity contribution < 1.29 is 14.6 Å². The number of carbonyl (C=O) groups is 1. The Morgan fingerprint density at radius 3 is 2.88 bits per heavy atom. The number of amides is 1. The van der Waals surface area contributed by atoms with Gasteiger partial charge in [-0.15, -0.1) is 0 Å². The van der Waals surface area contributed by atoms with Crippen LogP contribution in [0.25, 0.3) is 0 Å². The van der Waals surface area contributed by atoms with Crippen LogP contribution in [0.3, 0.4) is 0 Å². The monoisotopic (exact) mass is 455 g/mol. The number of para-hydroxylation sites is 1. The Hall–Kier alpha value is -2.74. The maximum Gasteiger partial charge on any atom is 0.255 e. The average Bonchev–Trinajstić information content (AvgIpc) is 3.04. The summed E-state index contributed by atoms with van der Waals surface area (Å²) < 4.78 is 5.89. The van der Waals surface area contributed by atoms with E-state index in [9.17, 15) is 9.90 Å². The summed E-state index contributed by atoms with van der Waals surface area (Å²) in [5, 5.41) is 18.1. The summed E-state index contributed by atoms with van der Waals surface area (Å²) in [6.07, 6.45) is 0.764. The Morgan fingerprint density at radius 1 is 1.42 bits per heavy atom. The number of allylic oxidation sites excluding steroid dienone is 1. The minimum Gasteiger partial charge on any atom is -0.492 e. The molecule has 2 saturated heterocycles. The number of nitrogens with one attached hydrogen (secondary N) is 2. The van der Waals surface area contributed by atoms with Crippen molar-refractivity contribution in [1.82, 2.24) is 15.5 Å². The van der Waals surface area contributed by atoms with Gasteiger partial charge in [0.1, 0.15) is 17.7 Å². The number of nitrogens with zero attached hydrogens (tertiary/aromatic N) is 2. The Balaban J connectivity index is 1.64. The number of nitrogens with two attached hydrogens (primary N) is 1. The van der Waals surface area contributed by atoms with Gasteiger partial charge in [-0.25, -0.2) is 0 Å². The van der Waals surface area contributed by atoms with Crippen LogP contribution in [0.5, 0.6) is 5.75 Å². The number of carbonyl (C=O) groups excluding carboxylic acids is 1. The second kappa shape index (κ2) is 8.89. The van der Waals surface area contributed by atoms with Crippen molar-refractivity contribution in [3.63, 3.8) is 0 Å². The molecule has 180 valence electrons. The van der Waals surface area contributed by atoms with E-state index in [-0.39, 0.29) is 11.9 Å². The highest BCUT2D eigenvalue weighted by molar-refractivity contribution is 5.97. The van der Waals surface area contributed by atoms with Gasteiger partial charge >= 0.3 is 0 Å². The van der Waals surface area contributed by atoms with Crippen LogP contribution in [0, 0.1) is 0 Å². The van der Waals surface area contributed by atoms with Crippen LogP contribution in [-0.2, 0) is 0 Å². The smallest absolute Gasteiger partial charge is 0.255 e. The number of aliphatic hydroxyl groups excluding tert-OH is 1. The number of benzene rings is 1. The van der Waals surface area contributed by atoms with Crippen molar-refractivity contribution in [2.75, 3.05) is 19.7 Å². The Labute approximate surface area is 196 Å². The maximum absolute atomic E-state index is 13.4. The summed E-state index contributed by atoms with van der Waals surface area (Å²) in [5.74, 6) is 2.32. The Bertz CT molecular complexity index is 986. The molecule has 0 aliphatic carbocycles. The standard InChI is InChI=1S/C25H37N5O3/c1-6-20(26)29-19-12-27-23(14(2)3)30-13-18(22(31)25(19,30)5)28-24(32)17-9-7-8-16-15(4)10-11-33-21(16)17/h7-9,15,18-19,22,27,31H,6,10-13H2,1-5H3,(H2,26,29)(H,28,32)/t15?,18-,19?,22-,25+/m1/s1. The quantitative estimate of drug-likeness (QED) is 0.409. The lowest BCUT2D eigenvalue weighted by atomic mass is 9.84. The molecule has 0 aromatic heterocycles. The highest BCUT2D eigenvalue weighted by Gasteiger charge is 2.58. The molecule has 8 heteroatoms. The Kier molecular flexibility index (Phi) is 6.31. The number of amidine groups is 1. The number of ether oxygens (including phenoxy) is 1. The molecule has 0 spiro atoms. The highest BCUT2D eigenvalue weighted by Crippen LogP contribution is 2.41. The summed E-state index contributed by atoms with van der Waals surface area (Å²) in [5.41, 5.74) is 8.08. The van der Waals surface area contributed by atoms with Gasteiger partial charge in [0, 0.05) is 19.5 Å². The molecule has 0 saturated carbocycles. The van der Waals surface area contributed by atoms with E-state index in [0.29, 0.717) is 49.2 Å². The lowest BCUT2D eigenvalue weighted by molar-refractivity contribution is 0.0137. The van der Waals surface area contributed by atoms with Crippen molar-refractivity contribution in [2.24, 2.45) is 10.7 Å². The lowest BCUT2D eigenvalue weighted by Crippen LogP contribution is -2.65. The van der Waals surface area contributed by atoms with Crippen molar-refractivity contribution in [2.45, 2.75) is 77.1 Å². The number of fused-ring (bicyclic) bond motifs is 2. The molecular formula is C25H37N5O3.